The number of methoxy groups -OCH3 is 1. The summed E-state index contributed by atoms with van der Waals surface area (Å²) in [6, 6.07) is 9.61. The van der Waals surface area contributed by atoms with Crippen LogP contribution in [0.4, 0.5) is 0 Å². The lowest BCUT2D eigenvalue weighted by molar-refractivity contribution is -0.132. The second-order valence-electron chi connectivity index (χ2n) is 6.48. The van der Waals surface area contributed by atoms with Crippen molar-refractivity contribution in [1.82, 2.24) is 9.88 Å². The van der Waals surface area contributed by atoms with Gasteiger partial charge in [-0.2, -0.15) is 0 Å². The molecule has 1 aromatic carbocycles. The minimum absolute atomic E-state index is 0.183. The number of hydrogen-bond donors (Lipinski definition) is 1. The fraction of sp³-hybridized carbons (Fsp3) is 0.300. The van der Waals surface area contributed by atoms with Gasteiger partial charge < -0.3 is 14.6 Å². The van der Waals surface area contributed by atoms with Crippen LogP contribution >= 0.6 is 11.3 Å². The van der Waals surface area contributed by atoms with Gasteiger partial charge in [0, 0.05) is 53.0 Å². The van der Waals surface area contributed by atoms with E-state index in [0.717, 1.165) is 41.5 Å². The SMILES string of the molecule is COC(=O)c1ccc2[nH]c3c(c2c1)CN(C(=O)CCc1cccs1)CC3. The number of aromatic nitrogens is 1. The lowest BCUT2D eigenvalue weighted by Gasteiger charge is -2.27. The molecule has 0 spiro atoms. The van der Waals surface area contributed by atoms with E-state index in [9.17, 15) is 9.59 Å². The molecular weight excluding hydrogens is 348 g/mol. The van der Waals surface area contributed by atoms with Gasteiger partial charge >= 0.3 is 5.97 Å². The number of nitrogens with one attached hydrogen (secondary N) is 1. The van der Waals surface area contributed by atoms with Crippen molar-refractivity contribution in [2.75, 3.05) is 13.7 Å². The number of fused-ring (bicyclic) bond motifs is 3. The Labute approximate surface area is 155 Å². The monoisotopic (exact) mass is 368 g/mol. The van der Waals surface area contributed by atoms with Crippen LogP contribution in [0.1, 0.15) is 32.9 Å². The van der Waals surface area contributed by atoms with Crippen LogP contribution in [0.3, 0.4) is 0 Å². The molecule has 1 amide bonds. The summed E-state index contributed by atoms with van der Waals surface area (Å²) in [5, 5.41) is 3.04. The van der Waals surface area contributed by atoms with E-state index in [1.165, 1.54) is 12.0 Å². The first-order valence-electron chi connectivity index (χ1n) is 8.67. The first-order chi connectivity index (χ1) is 12.7. The molecule has 3 heterocycles. The summed E-state index contributed by atoms with van der Waals surface area (Å²) in [6.45, 7) is 1.32. The fourth-order valence-electron chi connectivity index (χ4n) is 3.51. The third-order valence-corrected chi connectivity index (χ3v) is 5.85. The number of nitrogens with zero attached hydrogens (tertiary/aromatic N) is 1. The molecule has 0 atom stereocenters. The van der Waals surface area contributed by atoms with Crippen LogP contribution in [0, 0.1) is 0 Å². The minimum atomic E-state index is -0.346. The molecular formula is C20H20N2O3S. The van der Waals surface area contributed by atoms with Gasteiger partial charge in [-0.05, 0) is 36.1 Å². The fourth-order valence-corrected chi connectivity index (χ4v) is 4.22. The van der Waals surface area contributed by atoms with E-state index in [0.29, 0.717) is 18.5 Å². The number of ether oxygens (including phenoxy) is 1. The number of hydrogen-bond acceptors (Lipinski definition) is 4. The molecule has 6 heteroatoms. The predicted octanol–water partition coefficient (Wildman–Crippen LogP) is 3.53. The Hall–Kier alpha value is -2.60. The van der Waals surface area contributed by atoms with Crippen molar-refractivity contribution in [2.24, 2.45) is 0 Å². The van der Waals surface area contributed by atoms with E-state index >= 15 is 0 Å². The Balaban J connectivity index is 1.54. The lowest BCUT2D eigenvalue weighted by Crippen LogP contribution is -2.35. The van der Waals surface area contributed by atoms with E-state index in [1.54, 1.807) is 17.4 Å². The van der Waals surface area contributed by atoms with Crippen LogP contribution < -0.4 is 0 Å². The van der Waals surface area contributed by atoms with E-state index in [1.807, 2.05) is 28.5 Å². The van der Waals surface area contributed by atoms with Gasteiger partial charge in [-0.25, -0.2) is 4.79 Å². The number of H-pyrrole nitrogens is 1. The molecule has 0 aliphatic carbocycles. The van der Waals surface area contributed by atoms with Gasteiger partial charge in [-0.1, -0.05) is 6.07 Å². The summed E-state index contributed by atoms with van der Waals surface area (Å²) in [6.07, 6.45) is 2.13. The van der Waals surface area contributed by atoms with Crippen molar-refractivity contribution in [3.8, 4) is 0 Å². The van der Waals surface area contributed by atoms with Gasteiger partial charge in [0.25, 0.3) is 0 Å². The first-order valence-corrected chi connectivity index (χ1v) is 9.55. The van der Waals surface area contributed by atoms with Crippen LogP contribution in [0.2, 0.25) is 0 Å². The molecule has 134 valence electrons. The molecule has 1 aliphatic rings. The standard InChI is InChI=1S/C20H20N2O3S/c1-25-20(24)13-4-6-17-15(11-13)16-12-22(9-8-18(16)21-17)19(23)7-5-14-3-2-10-26-14/h2-4,6,10-11,21H,5,7-9,12H2,1H3. The summed E-state index contributed by atoms with van der Waals surface area (Å²) in [4.78, 5) is 31.0. The number of thiophene rings is 1. The maximum atomic E-state index is 12.6. The van der Waals surface area contributed by atoms with Crippen LogP contribution in [0.15, 0.2) is 35.7 Å². The molecule has 3 aromatic rings. The van der Waals surface area contributed by atoms with Gasteiger partial charge in [0.1, 0.15) is 0 Å². The molecule has 4 rings (SSSR count). The molecule has 26 heavy (non-hydrogen) atoms. The summed E-state index contributed by atoms with van der Waals surface area (Å²) >= 11 is 1.69. The number of rotatable bonds is 4. The summed E-state index contributed by atoms with van der Waals surface area (Å²) < 4.78 is 4.82. The van der Waals surface area contributed by atoms with Gasteiger partial charge in [-0.3, -0.25) is 4.79 Å². The average Bonchev–Trinajstić information content (AvgIpc) is 3.31. The highest BCUT2D eigenvalue weighted by molar-refractivity contribution is 7.09. The van der Waals surface area contributed by atoms with E-state index < -0.39 is 0 Å². The van der Waals surface area contributed by atoms with Crippen molar-refractivity contribution in [2.45, 2.75) is 25.8 Å². The molecule has 0 saturated carbocycles. The van der Waals surface area contributed by atoms with Crippen LogP contribution in [0.5, 0.6) is 0 Å². The number of benzene rings is 1. The molecule has 0 unspecified atom stereocenters. The number of carbonyl (C=O) groups is 2. The molecule has 2 aromatic heterocycles. The summed E-state index contributed by atoms with van der Waals surface area (Å²) in [7, 11) is 1.38. The highest BCUT2D eigenvalue weighted by Gasteiger charge is 2.24. The van der Waals surface area contributed by atoms with Gasteiger partial charge in [-0.15, -0.1) is 11.3 Å². The van der Waals surface area contributed by atoms with Crippen molar-refractivity contribution in [3.63, 3.8) is 0 Å². The molecule has 0 radical (unpaired) electrons. The third-order valence-electron chi connectivity index (χ3n) is 4.91. The molecule has 5 nitrogen and oxygen atoms in total. The normalized spacial score (nSPS) is 13.7. The molecule has 1 aliphatic heterocycles. The topological polar surface area (TPSA) is 62.4 Å². The Morgan fingerprint density at radius 2 is 2.19 bits per heavy atom. The Kier molecular flexibility index (Phi) is 4.51. The largest absolute Gasteiger partial charge is 0.465 e. The zero-order valence-electron chi connectivity index (χ0n) is 14.6. The number of carbonyl (C=O) groups excluding carboxylic acids is 2. The van der Waals surface area contributed by atoms with Gasteiger partial charge in [0.2, 0.25) is 5.91 Å². The Morgan fingerprint density at radius 1 is 1.31 bits per heavy atom. The van der Waals surface area contributed by atoms with Gasteiger partial charge in [0.05, 0.1) is 12.7 Å². The predicted molar refractivity (Wildman–Crippen MR) is 101 cm³/mol. The molecule has 0 saturated heterocycles. The first kappa shape index (κ1) is 16.8. The Morgan fingerprint density at radius 3 is 2.96 bits per heavy atom. The van der Waals surface area contributed by atoms with Crippen molar-refractivity contribution < 1.29 is 14.3 Å². The molecule has 1 N–H and O–H groups in total. The summed E-state index contributed by atoms with van der Waals surface area (Å²) in [5.41, 5.74) is 3.80. The number of aromatic amines is 1. The highest BCUT2D eigenvalue weighted by atomic mass is 32.1. The van der Waals surface area contributed by atoms with Crippen molar-refractivity contribution in [1.29, 1.82) is 0 Å². The molecule has 0 fully saturated rings. The van der Waals surface area contributed by atoms with Gasteiger partial charge in [0.15, 0.2) is 0 Å². The number of aryl methyl sites for hydroxylation is 1. The maximum Gasteiger partial charge on any atom is 0.337 e. The summed E-state index contributed by atoms with van der Waals surface area (Å²) in [5.74, 6) is -0.163. The highest BCUT2D eigenvalue weighted by Crippen LogP contribution is 2.29. The minimum Gasteiger partial charge on any atom is -0.465 e. The Bertz CT molecular complexity index is 959. The zero-order chi connectivity index (χ0) is 18.1. The number of esters is 1. The van der Waals surface area contributed by atoms with Crippen molar-refractivity contribution >= 4 is 34.1 Å². The van der Waals surface area contributed by atoms with Crippen LogP contribution in [-0.2, 0) is 28.9 Å². The van der Waals surface area contributed by atoms with E-state index in [-0.39, 0.29) is 11.9 Å². The second kappa shape index (κ2) is 6.96. The third kappa shape index (κ3) is 3.12. The zero-order valence-corrected chi connectivity index (χ0v) is 15.4. The van der Waals surface area contributed by atoms with Crippen LogP contribution in [-0.4, -0.2) is 35.4 Å². The van der Waals surface area contributed by atoms with Crippen LogP contribution in [0.25, 0.3) is 10.9 Å². The molecule has 0 bridgehead atoms. The van der Waals surface area contributed by atoms with Crippen molar-refractivity contribution in [3.05, 3.63) is 57.4 Å². The number of amides is 1. The smallest absolute Gasteiger partial charge is 0.337 e. The lowest BCUT2D eigenvalue weighted by atomic mass is 10.0. The average molecular weight is 368 g/mol. The quantitative estimate of drug-likeness (QED) is 0.717. The van der Waals surface area contributed by atoms with E-state index in [2.05, 4.69) is 11.1 Å². The second-order valence-corrected chi connectivity index (χ2v) is 7.51. The maximum absolute atomic E-state index is 12.6. The van der Waals surface area contributed by atoms with E-state index in [4.69, 9.17) is 4.74 Å².